The van der Waals surface area contributed by atoms with Crippen LogP contribution >= 0.6 is 0 Å². The van der Waals surface area contributed by atoms with E-state index in [9.17, 15) is 5.11 Å². The van der Waals surface area contributed by atoms with Crippen molar-refractivity contribution < 1.29 is 9.84 Å². The number of aliphatic hydroxyl groups excluding tert-OH is 1. The first-order valence-electron chi connectivity index (χ1n) is 5.78. The van der Waals surface area contributed by atoms with Gasteiger partial charge in [0.15, 0.2) is 0 Å². The third-order valence-electron chi connectivity index (χ3n) is 2.77. The number of nitrogens with two attached hydrogens (primary N) is 1. The normalized spacial score (nSPS) is 19.1. The van der Waals surface area contributed by atoms with Crippen molar-refractivity contribution in [2.24, 2.45) is 0 Å². The van der Waals surface area contributed by atoms with E-state index in [4.69, 9.17) is 10.5 Å². The summed E-state index contributed by atoms with van der Waals surface area (Å²) < 4.78 is 5.52. The van der Waals surface area contributed by atoms with Gasteiger partial charge in [-0.2, -0.15) is 5.10 Å². The first-order chi connectivity index (χ1) is 7.87. The van der Waals surface area contributed by atoms with Crippen molar-refractivity contribution in [2.45, 2.75) is 45.8 Å². The number of nitrogens with one attached hydrogen (secondary N) is 1. The molecular formula is C11H20N4O2. The second-order valence-electron chi connectivity index (χ2n) is 5.34. The Morgan fingerprint density at radius 3 is 2.88 bits per heavy atom. The van der Waals surface area contributed by atoms with Crippen LogP contribution in [0, 0.1) is 0 Å². The maximum Gasteiger partial charge on any atom is 0.216 e. The SMILES string of the molecule is CC(C)(C)OC(O)N1CCc2[nH]nc(N)c2C1. The molecule has 0 bridgehead atoms. The topological polar surface area (TPSA) is 87.4 Å². The summed E-state index contributed by atoms with van der Waals surface area (Å²) in [6.07, 6.45) is -0.109. The van der Waals surface area contributed by atoms with Crippen LogP contribution in [0.25, 0.3) is 0 Å². The van der Waals surface area contributed by atoms with Crippen LogP contribution in [0.2, 0.25) is 0 Å². The smallest absolute Gasteiger partial charge is 0.216 e. The Morgan fingerprint density at radius 2 is 2.24 bits per heavy atom. The monoisotopic (exact) mass is 240 g/mol. The average Bonchev–Trinajstić information content (AvgIpc) is 2.57. The molecule has 17 heavy (non-hydrogen) atoms. The van der Waals surface area contributed by atoms with Crippen LogP contribution in [-0.2, 0) is 17.7 Å². The largest absolute Gasteiger partial charge is 0.382 e. The molecule has 0 amide bonds. The summed E-state index contributed by atoms with van der Waals surface area (Å²) in [4.78, 5) is 1.85. The second-order valence-corrected chi connectivity index (χ2v) is 5.34. The summed E-state index contributed by atoms with van der Waals surface area (Å²) in [7, 11) is 0. The maximum atomic E-state index is 10.00. The van der Waals surface area contributed by atoms with Crippen molar-refractivity contribution in [1.29, 1.82) is 0 Å². The molecule has 0 saturated heterocycles. The van der Waals surface area contributed by atoms with E-state index in [1.807, 2.05) is 25.7 Å². The number of nitrogens with zero attached hydrogens (tertiary/aromatic N) is 2. The zero-order valence-electron chi connectivity index (χ0n) is 10.5. The van der Waals surface area contributed by atoms with Gasteiger partial charge in [-0.05, 0) is 20.8 Å². The van der Waals surface area contributed by atoms with Gasteiger partial charge in [0, 0.05) is 30.8 Å². The zero-order chi connectivity index (χ0) is 12.6. The minimum absolute atomic E-state index is 0.373. The molecule has 0 aromatic carbocycles. The summed E-state index contributed by atoms with van der Waals surface area (Å²) in [5, 5.41) is 16.9. The fourth-order valence-corrected chi connectivity index (χ4v) is 1.92. The summed E-state index contributed by atoms with van der Waals surface area (Å²) in [6, 6.07) is 0. The minimum Gasteiger partial charge on any atom is -0.382 e. The number of nitrogen functional groups attached to an aromatic ring is 1. The van der Waals surface area contributed by atoms with Crippen LogP contribution in [-0.4, -0.2) is 38.8 Å². The van der Waals surface area contributed by atoms with E-state index in [0.717, 1.165) is 24.2 Å². The number of fused-ring (bicyclic) bond motifs is 1. The first kappa shape index (κ1) is 12.3. The summed E-state index contributed by atoms with van der Waals surface area (Å²) in [5.74, 6) is 0.507. The number of hydrogen-bond donors (Lipinski definition) is 3. The molecule has 6 heteroatoms. The van der Waals surface area contributed by atoms with Crippen LogP contribution in [0.1, 0.15) is 32.0 Å². The molecule has 96 valence electrons. The van der Waals surface area contributed by atoms with Crippen LogP contribution in [0.3, 0.4) is 0 Å². The molecule has 0 aliphatic carbocycles. The van der Waals surface area contributed by atoms with Gasteiger partial charge in [-0.15, -0.1) is 0 Å². The predicted octanol–water partition coefficient (Wildman–Crippen LogP) is 0.441. The Bertz CT molecular complexity index is 397. The number of ether oxygens (including phenoxy) is 1. The summed E-state index contributed by atoms with van der Waals surface area (Å²) >= 11 is 0. The van der Waals surface area contributed by atoms with Crippen LogP contribution in [0.15, 0.2) is 0 Å². The molecule has 0 saturated carbocycles. The van der Waals surface area contributed by atoms with Gasteiger partial charge in [0.05, 0.1) is 5.60 Å². The van der Waals surface area contributed by atoms with Gasteiger partial charge in [0.2, 0.25) is 6.41 Å². The third-order valence-corrected chi connectivity index (χ3v) is 2.77. The molecule has 1 atom stereocenters. The Morgan fingerprint density at radius 1 is 1.53 bits per heavy atom. The molecule has 1 aromatic heterocycles. The van der Waals surface area contributed by atoms with Crippen molar-refractivity contribution in [1.82, 2.24) is 15.1 Å². The lowest BCUT2D eigenvalue weighted by atomic mass is 10.1. The molecule has 0 spiro atoms. The van der Waals surface area contributed by atoms with Crippen LogP contribution in [0.4, 0.5) is 5.82 Å². The number of H-pyrrole nitrogens is 1. The lowest BCUT2D eigenvalue weighted by Gasteiger charge is -2.34. The number of aromatic amines is 1. The van der Waals surface area contributed by atoms with E-state index in [1.165, 1.54) is 0 Å². The van der Waals surface area contributed by atoms with Crippen LogP contribution in [0.5, 0.6) is 0 Å². The highest BCUT2D eigenvalue weighted by molar-refractivity contribution is 5.43. The average molecular weight is 240 g/mol. The summed E-state index contributed by atoms with van der Waals surface area (Å²) in [5.41, 5.74) is 7.41. The van der Waals surface area contributed by atoms with Crippen molar-refractivity contribution in [3.63, 3.8) is 0 Å². The zero-order valence-corrected chi connectivity index (χ0v) is 10.5. The molecule has 1 aromatic rings. The number of hydrogen-bond acceptors (Lipinski definition) is 5. The highest BCUT2D eigenvalue weighted by Gasteiger charge is 2.28. The van der Waals surface area contributed by atoms with Crippen molar-refractivity contribution >= 4 is 5.82 Å². The highest BCUT2D eigenvalue weighted by Crippen LogP contribution is 2.24. The molecule has 4 N–H and O–H groups in total. The van der Waals surface area contributed by atoms with Crippen molar-refractivity contribution in [3.8, 4) is 0 Å². The van der Waals surface area contributed by atoms with E-state index in [0.29, 0.717) is 12.4 Å². The molecule has 1 unspecified atom stereocenters. The predicted molar refractivity (Wildman–Crippen MR) is 64.0 cm³/mol. The Balaban J connectivity index is 2.04. The number of anilines is 1. The quantitative estimate of drug-likeness (QED) is 0.653. The Labute approximate surface area is 101 Å². The fourth-order valence-electron chi connectivity index (χ4n) is 1.92. The van der Waals surface area contributed by atoms with E-state index < -0.39 is 6.41 Å². The maximum absolute atomic E-state index is 10.00. The van der Waals surface area contributed by atoms with E-state index in [-0.39, 0.29) is 5.60 Å². The Kier molecular flexibility index (Phi) is 3.11. The number of rotatable bonds is 2. The molecule has 0 radical (unpaired) electrons. The number of aliphatic hydroxyl groups is 1. The molecular weight excluding hydrogens is 220 g/mol. The Hall–Kier alpha value is -1.11. The lowest BCUT2D eigenvalue weighted by Crippen LogP contribution is -2.44. The molecule has 2 rings (SSSR count). The molecule has 2 heterocycles. The molecule has 1 aliphatic rings. The minimum atomic E-state index is -0.905. The first-order valence-corrected chi connectivity index (χ1v) is 5.78. The third kappa shape index (κ3) is 2.77. The second kappa shape index (κ2) is 4.29. The lowest BCUT2D eigenvalue weighted by molar-refractivity contribution is -0.242. The van der Waals surface area contributed by atoms with Gasteiger partial charge >= 0.3 is 0 Å². The van der Waals surface area contributed by atoms with E-state index in [2.05, 4.69) is 10.2 Å². The standard InChI is InChI=1S/C11H20N4O2/c1-11(2,3)17-10(16)15-5-4-8-7(6-15)9(12)14-13-8/h10,16H,4-6H2,1-3H3,(H3,12,13,14). The van der Waals surface area contributed by atoms with Gasteiger partial charge in [0.25, 0.3) is 0 Å². The molecule has 6 nitrogen and oxygen atoms in total. The highest BCUT2D eigenvalue weighted by atomic mass is 16.6. The van der Waals surface area contributed by atoms with Crippen molar-refractivity contribution in [3.05, 3.63) is 11.3 Å². The van der Waals surface area contributed by atoms with Gasteiger partial charge in [-0.1, -0.05) is 0 Å². The van der Waals surface area contributed by atoms with E-state index >= 15 is 0 Å². The van der Waals surface area contributed by atoms with Crippen molar-refractivity contribution in [2.75, 3.05) is 12.3 Å². The van der Waals surface area contributed by atoms with Gasteiger partial charge in [0.1, 0.15) is 5.82 Å². The van der Waals surface area contributed by atoms with Gasteiger partial charge in [-0.3, -0.25) is 10.00 Å². The van der Waals surface area contributed by atoms with Crippen LogP contribution < -0.4 is 5.73 Å². The molecule has 1 aliphatic heterocycles. The van der Waals surface area contributed by atoms with Gasteiger partial charge < -0.3 is 15.6 Å². The molecule has 0 fully saturated rings. The van der Waals surface area contributed by atoms with Gasteiger partial charge in [-0.25, -0.2) is 0 Å². The van der Waals surface area contributed by atoms with E-state index in [1.54, 1.807) is 0 Å². The summed E-state index contributed by atoms with van der Waals surface area (Å²) in [6.45, 7) is 7.04. The fraction of sp³-hybridized carbons (Fsp3) is 0.727. The number of aromatic nitrogens is 2.